The van der Waals surface area contributed by atoms with Crippen molar-refractivity contribution in [3.05, 3.63) is 59.4 Å². The van der Waals surface area contributed by atoms with Crippen molar-refractivity contribution in [2.45, 2.75) is 37.8 Å². The molecule has 2 aromatic rings. The van der Waals surface area contributed by atoms with Crippen LogP contribution in [0.25, 0.3) is 0 Å². The number of pyridine rings is 1. The predicted octanol–water partition coefficient (Wildman–Crippen LogP) is 2.26. The molecule has 0 bridgehead atoms. The maximum absolute atomic E-state index is 11.6. The number of carbonyl (C=O) groups is 1. The van der Waals surface area contributed by atoms with E-state index in [4.69, 9.17) is 11.5 Å². The zero-order valence-electron chi connectivity index (χ0n) is 14.0. The number of rotatable bonds is 3. The van der Waals surface area contributed by atoms with Crippen molar-refractivity contribution < 1.29 is 4.79 Å². The minimum absolute atomic E-state index is 0.128. The van der Waals surface area contributed by atoms with Gasteiger partial charge in [0.2, 0.25) is 0 Å². The minimum atomic E-state index is -0.585. The van der Waals surface area contributed by atoms with Gasteiger partial charge in [-0.2, -0.15) is 0 Å². The quantitative estimate of drug-likeness (QED) is 0.751. The van der Waals surface area contributed by atoms with Gasteiger partial charge >= 0.3 is 0 Å². The number of anilines is 1. The molecule has 2 atom stereocenters. The second-order valence-electron chi connectivity index (χ2n) is 6.30. The van der Waals surface area contributed by atoms with Gasteiger partial charge in [-0.15, -0.1) is 0 Å². The molecular weight excluding hydrogens is 312 g/mol. The van der Waals surface area contributed by atoms with Crippen LogP contribution in [0.3, 0.4) is 0 Å². The zero-order chi connectivity index (χ0) is 17.6. The third-order valence-corrected chi connectivity index (χ3v) is 4.41. The van der Waals surface area contributed by atoms with Crippen LogP contribution in [0, 0.1) is 11.8 Å². The molecule has 1 amide bonds. The number of nitrogens with one attached hydrogen (secondary N) is 1. The van der Waals surface area contributed by atoms with Crippen LogP contribution in [-0.2, 0) is 0 Å². The van der Waals surface area contributed by atoms with Gasteiger partial charge in [-0.1, -0.05) is 42.9 Å². The highest BCUT2D eigenvalue weighted by molar-refractivity contribution is 5.93. The molecule has 0 radical (unpaired) electrons. The molecule has 1 aliphatic carbocycles. The molecule has 0 unspecified atom stereocenters. The minimum Gasteiger partial charge on any atom is -0.379 e. The van der Waals surface area contributed by atoms with Crippen molar-refractivity contribution in [3.8, 4) is 11.8 Å². The van der Waals surface area contributed by atoms with Gasteiger partial charge in [0.15, 0.2) is 0 Å². The summed E-state index contributed by atoms with van der Waals surface area (Å²) >= 11 is 0. The molecule has 1 aromatic heterocycles. The molecule has 1 saturated carbocycles. The Morgan fingerprint density at radius 1 is 1.16 bits per heavy atom. The molecule has 3 rings (SSSR count). The monoisotopic (exact) mass is 334 g/mol. The van der Waals surface area contributed by atoms with E-state index in [1.165, 1.54) is 12.8 Å². The summed E-state index contributed by atoms with van der Waals surface area (Å²) in [5.41, 5.74) is 14.0. The van der Waals surface area contributed by atoms with E-state index in [-0.39, 0.29) is 17.8 Å². The van der Waals surface area contributed by atoms with Crippen molar-refractivity contribution in [3.63, 3.8) is 0 Å². The Labute approximate surface area is 147 Å². The van der Waals surface area contributed by atoms with Crippen molar-refractivity contribution in [2.75, 3.05) is 5.32 Å². The second kappa shape index (κ2) is 7.82. The number of primary amides is 1. The second-order valence-corrected chi connectivity index (χ2v) is 6.30. The number of aromatic nitrogens is 1. The lowest BCUT2D eigenvalue weighted by atomic mass is 9.91. The predicted molar refractivity (Wildman–Crippen MR) is 99.0 cm³/mol. The number of hydrogen-bond acceptors (Lipinski definition) is 4. The van der Waals surface area contributed by atoms with Crippen LogP contribution in [0.5, 0.6) is 0 Å². The van der Waals surface area contributed by atoms with E-state index in [0.29, 0.717) is 5.56 Å². The van der Waals surface area contributed by atoms with E-state index >= 15 is 0 Å². The summed E-state index contributed by atoms with van der Waals surface area (Å²) in [7, 11) is 0. The lowest BCUT2D eigenvalue weighted by Gasteiger charge is -2.30. The van der Waals surface area contributed by atoms with Gasteiger partial charge < -0.3 is 16.8 Å². The Morgan fingerprint density at radius 3 is 2.64 bits per heavy atom. The summed E-state index contributed by atoms with van der Waals surface area (Å²) in [5, 5.41) is 3.43. The average molecular weight is 334 g/mol. The fourth-order valence-corrected chi connectivity index (χ4v) is 3.05. The Balaban J connectivity index is 1.87. The fourth-order valence-electron chi connectivity index (χ4n) is 3.05. The third kappa shape index (κ3) is 4.37. The molecular formula is C20H22N4O. The first-order chi connectivity index (χ1) is 12.1. The zero-order valence-corrected chi connectivity index (χ0v) is 14.0. The van der Waals surface area contributed by atoms with Gasteiger partial charge in [0.25, 0.3) is 5.91 Å². The molecule has 128 valence electrons. The van der Waals surface area contributed by atoms with Gasteiger partial charge in [-0.25, -0.2) is 4.98 Å². The standard InChI is InChI=1S/C20H22N4O/c21-17-8-4-5-9-18(17)24-16-12-15(19(20(22)25)23-13-16)11-10-14-6-2-1-3-7-14/h1-3,6-7,12-13,17-18,24H,4-5,8-9,21H2,(H2,22,25)/t17-,18+/m0/s1. The van der Waals surface area contributed by atoms with E-state index in [2.05, 4.69) is 22.1 Å². The topological polar surface area (TPSA) is 94.0 Å². The Morgan fingerprint density at radius 2 is 1.92 bits per heavy atom. The van der Waals surface area contributed by atoms with Crippen LogP contribution in [-0.4, -0.2) is 23.0 Å². The molecule has 0 aliphatic heterocycles. The van der Waals surface area contributed by atoms with Gasteiger partial charge in [-0.3, -0.25) is 4.79 Å². The summed E-state index contributed by atoms with van der Waals surface area (Å²) in [6.07, 6.45) is 6.01. The molecule has 1 aliphatic rings. The van der Waals surface area contributed by atoms with Crippen LogP contribution in [0.4, 0.5) is 5.69 Å². The molecule has 1 heterocycles. The number of benzene rings is 1. The van der Waals surface area contributed by atoms with Crippen LogP contribution < -0.4 is 16.8 Å². The number of nitrogens with two attached hydrogens (primary N) is 2. The van der Waals surface area contributed by atoms with Gasteiger partial charge in [0.05, 0.1) is 17.4 Å². The maximum atomic E-state index is 11.6. The van der Waals surface area contributed by atoms with Crippen molar-refractivity contribution in [1.29, 1.82) is 0 Å². The molecule has 5 N–H and O–H groups in total. The first-order valence-electron chi connectivity index (χ1n) is 8.52. The lowest BCUT2D eigenvalue weighted by Crippen LogP contribution is -2.42. The maximum Gasteiger partial charge on any atom is 0.268 e. The highest BCUT2D eigenvalue weighted by Gasteiger charge is 2.22. The van der Waals surface area contributed by atoms with Gasteiger partial charge in [-0.05, 0) is 31.0 Å². The molecule has 1 aromatic carbocycles. The van der Waals surface area contributed by atoms with Gasteiger partial charge in [0, 0.05) is 17.6 Å². The molecule has 25 heavy (non-hydrogen) atoms. The smallest absolute Gasteiger partial charge is 0.268 e. The summed E-state index contributed by atoms with van der Waals surface area (Å²) in [6, 6.07) is 11.7. The molecule has 0 spiro atoms. The first-order valence-corrected chi connectivity index (χ1v) is 8.52. The van der Waals surface area contributed by atoms with Crippen LogP contribution in [0.1, 0.15) is 47.3 Å². The SMILES string of the molecule is NC(=O)c1ncc(N[C@@H]2CCCC[C@@H]2N)cc1C#Cc1ccccc1. The average Bonchev–Trinajstić information content (AvgIpc) is 2.63. The fraction of sp³-hybridized carbons (Fsp3) is 0.300. The molecule has 5 heteroatoms. The van der Waals surface area contributed by atoms with Gasteiger partial charge in [0.1, 0.15) is 5.69 Å². The number of nitrogens with zero attached hydrogens (tertiary/aromatic N) is 1. The molecule has 0 saturated heterocycles. The number of hydrogen-bond donors (Lipinski definition) is 3. The van der Waals surface area contributed by atoms with Crippen molar-refractivity contribution in [1.82, 2.24) is 4.98 Å². The van der Waals surface area contributed by atoms with E-state index in [1.807, 2.05) is 36.4 Å². The Bertz CT molecular complexity index is 807. The summed E-state index contributed by atoms with van der Waals surface area (Å²) in [4.78, 5) is 15.8. The van der Waals surface area contributed by atoms with Crippen molar-refractivity contribution >= 4 is 11.6 Å². The number of carbonyl (C=O) groups excluding carboxylic acids is 1. The molecule has 1 fully saturated rings. The van der Waals surface area contributed by atoms with E-state index in [1.54, 1.807) is 6.20 Å². The highest BCUT2D eigenvalue weighted by Crippen LogP contribution is 2.22. The van der Waals surface area contributed by atoms with Crippen molar-refractivity contribution in [2.24, 2.45) is 11.5 Å². The van der Waals surface area contributed by atoms with Crippen LogP contribution in [0.2, 0.25) is 0 Å². The summed E-state index contributed by atoms with van der Waals surface area (Å²) in [5.74, 6) is 5.48. The largest absolute Gasteiger partial charge is 0.379 e. The van der Waals surface area contributed by atoms with E-state index in [0.717, 1.165) is 24.1 Å². The highest BCUT2D eigenvalue weighted by atomic mass is 16.1. The Hall–Kier alpha value is -2.84. The summed E-state index contributed by atoms with van der Waals surface area (Å²) in [6.45, 7) is 0. The molecule has 5 nitrogen and oxygen atoms in total. The first kappa shape index (κ1) is 17.0. The third-order valence-electron chi connectivity index (χ3n) is 4.41. The normalized spacial score (nSPS) is 19.6. The lowest BCUT2D eigenvalue weighted by molar-refractivity contribution is 0.0995. The number of amides is 1. The van der Waals surface area contributed by atoms with Crippen LogP contribution in [0.15, 0.2) is 42.6 Å². The van der Waals surface area contributed by atoms with Crippen LogP contribution >= 0.6 is 0 Å². The van der Waals surface area contributed by atoms with E-state index < -0.39 is 5.91 Å². The van der Waals surface area contributed by atoms with E-state index in [9.17, 15) is 4.79 Å². The summed E-state index contributed by atoms with van der Waals surface area (Å²) < 4.78 is 0. The Kier molecular flexibility index (Phi) is 5.32.